The molecule has 2 N–H and O–H groups in total. The molecule has 94 valence electrons. The zero-order chi connectivity index (χ0) is 13.4. The van der Waals surface area contributed by atoms with Crippen LogP contribution in [0.2, 0.25) is 0 Å². The molecule has 0 radical (unpaired) electrons. The van der Waals surface area contributed by atoms with E-state index in [0.29, 0.717) is 22.6 Å². The van der Waals surface area contributed by atoms with E-state index in [4.69, 9.17) is 9.52 Å². The summed E-state index contributed by atoms with van der Waals surface area (Å²) in [7, 11) is 0. The minimum atomic E-state index is -0.994. The molecule has 0 bridgehead atoms. The van der Waals surface area contributed by atoms with Crippen molar-refractivity contribution < 1.29 is 14.3 Å². The quantitative estimate of drug-likeness (QED) is 0.736. The second-order valence-corrected chi connectivity index (χ2v) is 4.06. The Morgan fingerprint density at radius 2 is 1.89 bits per heavy atom. The smallest absolute Gasteiger partial charge is 0.345 e. The van der Waals surface area contributed by atoms with Gasteiger partial charge >= 0.3 is 11.6 Å². The topological polar surface area (TPSA) is 83.3 Å². The molecule has 1 aromatic rings. The third-order valence-electron chi connectivity index (χ3n) is 2.89. The maximum Gasteiger partial charge on any atom is 0.345 e. The van der Waals surface area contributed by atoms with Crippen molar-refractivity contribution in [1.29, 1.82) is 0 Å². The second kappa shape index (κ2) is 4.13. The summed E-state index contributed by atoms with van der Waals surface area (Å²) >= 11 is 0. The lowest BCUT2D eigenvalue weighted by Gasteiger charge is -2.01. The first kappa shape index (κ1) is 11.3. The van der Waals surface area contributed by atoms with Crippen molar-refractivity contribution in [3.63, 3.8) is 0 Å². The number of rotatable bonds is 2. The first-order chi connectivity index (χ1) is 9.16. The predicted molar refractivity (Wildman–Crippen MR) is 68.3 cm³/mol. The first-order valence-electron chi connectivity index (χ1n) is 5.61. The Labute approximate surface area is 107 Å². The lowest BCUT2D eigenvalue weighted by molar-refractivity contribution is 0.0697. The van der Waals surface area contributed by atoms with Gasteiger partial charge in [0.25, 0.3) is 0 Å². The van der Waals surface area contributed by atoms with Gasteiger partial charge in [-0.25, -0.2) is 9.59 Å². The van der Waals surface area contributed by atoms with E-state index in [9.17, 15) is 9.59 Å². The predicted octanol–water partition coefficient (Wildman–Crippen LogP) is 2.44. The molecule has 0 aromatic heterocycles. The number of pyridine rings is 1. The van der Waals surface area contributed by atoms with E-state index >= 15 is 0 Å². The van der Waals surface area contributed by atoms with E-state index in [-0.39, 0.29) is 5.56 Å². The van der Waals surface area contributed by atoms with E-state index in [1.807, 2.05) is 0 Å². The van der Waals surface area contributed by atoms with Gasteiger partial charge in [0, 0.05) is 11.8 Å². The normalized spacial score (nSPS) is 10.7. The van der Waals surface area contributed by atoms with Gasteiger partial charge in [-0.05, 0) is 24.3 Å². The SMILES string of the molecule is O=C(O)c1ccc(-c2oc(=O)c3ccc[nH]c2-3)cc1. The van der Waals surface area contributed by atoms with Crippen LogP contribution >= 0.6 is 0 Å². The van der Waals surface area contributed by atoms with Crippen molar-refractivity contribution in [2.75, 3.05) is 0 Å². The van der Waals surface area contributed by atoms with Crippen molar-refractivity contribution in [3.05, 3.63) is 58.6 Å². The van der Waals surface area contributed by atoms with Crippen LogP contribution in [0.25, 0.3) is 22.6 Å². The minimum absolute atomic E-state index is 0.186. The molecule has 0 amide bonds. The highest BCUT2D eigenvalue weighted by Crippen LogP contribution is 2.30. The Kier molecular flexibility index (Phi) is 2.45. The Morgan fingerprint density at radius 3 is 2.58 bits per heavy atom. The summed E-state index contributed by atoms with van der Waals surface area (Å²) in [5, 5.41) is 8.84. The van der Waals surface area contributed by atoms with E-state index in [0.717, 1.165) is 0 Å². The van der Waals surface area contributed by atoms with Crippen LogP contribution in [0.1, 0.15) is 10.4 Å². The van der Waals surface area contributed by atoms with Crippen LogP contribution in [0.4, 0.5) is 0 Å². The highest BCUT2D eigenvalue weighted by Gasteiger charge is 2.19. The first-order valence-corrected chi connectivity index (χ1v) is 5.61. The summed E-state index contributed by atoms with van der Waals surface area (Å²) in [5.74, 6) is -0.579. The summed E-state index contributed by atoms with van der Waals surface area (Å²) < 4.78 is 5.22. The third kappa shape index (κ3) is 1.81. The number of nitrogens with one attached hydrogen (secondary N) is 1. The molecule has 0 saturated carbocycles. The number of aromatic carboxylic acids is 1. The van der Waals surface area contributed by atoms with Crippen LogP contribution < -0.4 is 5.63 Å². The van der Waals surface area contributed by atoms with Crippen molar-refractivity contribution >= 4 is 5.97 Å². The molecule has 0 fully saturated rings. The number of aromatic amines is 1. The average molecular weight is 255 g/mol. The number of hydrogen-bond donors (Lipinski definition) is 2. The van der Waals surface area contributed by atoms with E-state index in [1.54, 1.807) is 30.5 Å². The molecule has 3 rings (SSSR count). The van der Waals surface area contributed by atoms with E-state index in [2.05, 4.69) is 4.98 Å². The summed E-state index contributed by atoms with van der Waals surface area (Å²) in [6, 6.07) is 9.56. The molecule has 2 heterocycles. The van der Waals surface area contributed by atoms with Gasteiger partial charge in [0.05, 0.1) is 16.8 Å². The number of fused-ring (bicyclic) bond motifs is 1. The number of H-pyrrole nitrogens is 1. The number of benzene rings is 1. The van der Waals surface area contributed by atoms with Crippen molar-refractivity contribution in [2.24, 2.45) is 0 Å². The molecule has 0 atom stereocenters. The Hall–Kier alpha value is -2.82. The molecule has 0 saturated heterocycles. The van der Waals surface area contributed by atoms with E-state index in [1.165, 1.54) is 12.1 Å². The molecule has 0 aliphatic carbocycles. The highest BCUT2D eigenvalue weighted by molar-refractivity contribution is 5.88. The molecule has 2 aliphatic heterocycles. The van der Waals surface area contributed by atoms with Crippen LogP contribution in [-0.2, 0) is 0 Å². The summed E-state index contributed by atoms with van der Waals surface area (Å²) in [4.78, 5) is 25.4. The standard InChI is InChI=1S/C14H9NO4/c16-13(17)9-5-3-8(4-6-9)12-11-10(14(18)19-12)2-1-7-15-11/h1-7,15H,(H,16,17). The number of hydrogen-bond acceptors (Lipinski definition) is 3. The maximum atomic E-state index is 11.7. The zero-order valence-corrected chi connectivity index (χ0v) is 9.71. The Morgan fingerprint density at radius 1 is 1.16 bits per heavy atom. The molecular formula is C14H9NO4. The minimum Gasteiger partial charge on any atom is -0.478 e. The van der Waals surface area contributed by atoms with Gasteiger partial charge in [-0.1, -0.05) is 12.1 Å². The van der Waals surface area contributed by atoms with Crippen LogP contribution in [0, 0.1) is 0 Å². The Balaban J connectivity index is 2.15. The zero-order valence-electron chi connectivity index (χ0n) is 9.71. The molecule has 0 unspecified atom stereocenters. The summed E-state index contributed by atoms with van der Waals surface area (Å²) in [5.41, 5.74) is 1.50. The average Bonchev–Trinajstić information content (AvgIpc) is 2.77. The fourth-order valence-corrected chi connectivity index (χ4v) is 1.96. The molecule has 2 aliphatic rings. The van der Waals surface area contributed by atoms with Gasteiger partial charge in [-0.15, -0.1) is 0 Å². The molecule has 1 aromatic carbocycles. The van der Waals surface area contributed by atoms with Crippen LogP contribution in [-0.4, -0.2) is 16.1 Å². The second-order valence-electron chi connectivity index (χ2n) is 4.06. The van der Waals surface area contributed by atoms with Crippen LogP contribution in [0.15, 0.2) is 51.8 Å². The van der Waals surface area contributed by atoms with Gasteiger partial charge in [0.2, 0.25) is 0 Å². The van der Waals surface area contributed by atoms with Gasteiger partial charge in [-0.2, -0.15) is 0 Å². The number of carboxylic acid groups (broad SMARTS) is 1. The summed E-state index contributed by atoms with van der Waals surface area (Å²) in [6.45, 7) is 0. The summed E-state index contributed by atoms with van der Waals surface area (Å²) in [6.07, 6.45) is 1.70. The molecule has 19 heavy (non-hydrogen) atoms. The monoisotopic (exact) mass is 255 g/mol. The lowest BCUT2D eigenvalue weighted by Crippen LogP contribution is -1.95. The van der Waals surface area contributed by atoms with Gasteiger partial charge in [0.15, 0.2) is 5.76 Å². The maximum absolute atomic E-state index is 11.7. The number of aromatic nitrogens is 1. The van der Waals surface area contributed by atoms with Crippen molar-refractivity contribution in [2.45, 2.75) is 0 Å². The van der Waals surface area contributed by atoms with Crippen LogP contribution in [0.5, 0.6) is 0 Å². The van der Waals surface area contributed by atoms with Gasteiger partial charge in [0.1, 0.15) is 0 Å². The molecular weight excluding hydrogens is 246 g/mol. The fraction of sp³-hybridized carbons (Fsp3) is 0. The largest absolute Gasteiger partial charge is 0.478 e. The molecule has 0 spiro atoms. The van der Waals surface area contributed by atoms with Gasteiger partial charge in [-0.3, -0.25) is 0 Å². The fourth-order valence-electron chi connectivity index (χ4n) is 1.96. The number of carbonyl (C=O) groups is 1. The van der Waals surface area contributed by atoms with Gasteiger partial charge < -0.3 is 14.5 Å². The molecule has 5 heteroatoms. The van der Waals surface area contributed by atoms with Crippen LogP contribution in [0.3, 0.4) is 0 Å². The molecule has 5 nitrogen and oxygen atoms in total. The number of furan rings is 1. The lowest BCUT2D eigenvalue weighted by atomic mass is 10.1. The number of carboxylic acids is 1. The Bertz CT molecular complexity index is 767. The van der Waals surface area contributed by atoms with Crippen molar-refractivity contribution in [3.8, 4) is 22.6 Å². The highest BCUT2D eigenvalue weighted by atomic mass is 16.4. The van der Waals surface area contributed by atoms with Crippen molar-refractivity contribution in [1.82, 2.24) is 4.98 Å². The van der Waals surface area contributed by atoms with E-state index < -0.39 is 11.6 Å². The third-order valence-corrected chi connectivity index (χ3v) is 2.89.